The van der Waals surface area contributed by atoms with Crippen molar-refractivity contribution in [2.45, 2.75) is 0 Å². The number of pyridine rings is 1. The zero-order valence-electron chi connectivity index (χ0n) is 12.2. The van der Waals surface area contributed by atoms with E-state index in [0.717, 1.165) is 21.5 Å². The average Bonchev–Trinajstić information content (AvgIpc) is 2.57. The number of aromatic nitrogens is 1. The SMILES string of the molecule is O=C(Nc1ccc(Nc2ccccc2)cc1)c1cncc(Br)c1. The monoisotopic (exact) mass is 367 g/mol. The Kier molecular flexibility index (Phi) is 4.68. The number of hydrogen-bond acceptors (Lipinski definition) is 3. The van der Waals surface area contributed by atoms with Gasteiger partial charge in [-0.15, -0.1) is 0 Å². The maximum Gasteiger partial charge on any atom is 0.257 e. The van der Waals surface area contributed by atoms with Gasteiger partial charge in [-0.05, 0) is 58.4 Å². The Morgan fingerprint density at radius 2 is 1.52 bits per heavy atom. The summed E-state index contributed by atoms with van der Waals surface area (Å²) >= 11 is 3.31. The minimum absolute atomic E-state index is 0.192. The van der Waals surface area contributed by atoms with Crippen LogP contribution < -0.4 is 10.6 Å². The highest BCUT2D eigenvalue weighted by molar-refractivity contribution is 9.10. The van der Waals surface area contributed by atoms with E-state index in [4.69, 9.17) is 0 Å². The van der Waals surface area contributed by atoms with Crippen molar-refractivity contribution in [2.24, 2.45) is 0 Å². The summed E-state index contributed by atoms with van der Waals surface area (Å²) in [5.74, 6) is -0.192. The van der Waals surface area contributed by atoms with Gasteiger partial charge in [0.25, 0.3) is 5.91 Å². The van der Waals surface area contributed by atoms with Crippen molar-refractivity contribution in [3.05, 3.63) is 83.1 Å². The molecule has 0 radical (unpaired) electrons. The second-order valence-corrected chi connectivity index (χ2v) is 5.83. The Morgan fingerprint density at radius 3 is 2.22 bits per heavy atom. The van der Waals surface area contributed by atoms with Gasteiger partial charge in [0.05, 0.1) is 5.56 Å². The van der Waals surface area contributed by atoms with E-state index in [1.165, 1.54) is 6.20 Å². The number of para-hydroxylation sites is 1. The van der Waals surface area contributed by atoms with Crippen LogP contribution in [0.2, 0.25) is 0 Å². The van der Waals surface area contributed by atoms with E-state index in [1.807, 2.05) is 54.6 Å². The number of anilines is 3. The topological polar surface area (TPSA) is 54.0 Å². The first-order chi connectivity index (χ1) is 11.2. The van der Waals surface area contributed by atoms with Crippen molar-refractivity contribution >= 4 is 38.9 Å². The first-order valence-corrected chi connectivity index (χ1v) is 7.84. The lowest BCUT2D eigenvalue weighted by atomic mass is 10.2. The second-order valence-electron chi connectivity index (χ2n) is 4.91. The van der Waals surface area contributed by atoms with Crippen molar-refractivity contribution < 1.29 is 4.79 Å². The van der Waals surface area contributed by atoms with E-state index in [1.54, 1.807) is 12.3 Å². The standard InChI is InChI=1S/C18H14BrN3O/c19-14-10-13(11-20-12-14)18(23)22-17-8-6-16(7-9-17)21-15-4-2-1-3-5-15/h1-12,21H,(H,22,23). The van der Waals surface area contributed by atoms with E-state index in [9.17, 15) is 4.79 Å². The molecule has 2 N–H and O–H groups in total. The molecule has 0 bridgehead atoms. The first kappa shape index (κ1) is 15.2. The second kappa shape index (κ2) is 7.07. The van der Waals surface area contributed by atoms with Crippen molar-refractivity contribution in [1.29, 1.82) is 0 Å². The smallest absolute Gasteiger partial charge is 0.257 e. The molecular formula is C18H14BrN3O. The van der Waals surface area contributed by atoms with Gasteiger partial charge in [-0.25, -0.2) is 0 Å². The van der Waals surface area contributed by atoms with Gasteiger partial charge in [0.2, 0.25) is 0 Å². The van der Waals surface area contributed by atoms with Crippen LogP contribution in [0.1, 0.15) is 10.4 Å². The number of nitrogens with one attached hydrogen (secondary N) is 2. The molecule has 1 amide bonds. The molecule has 0 unspecified atom stereocenters. The Hall–Kier alpha value is -2.66. The lowest BCUT2D eigenvalue weighted by Crippen LogP contribution is -2.12. The predicted molar refractivity (Wildman–Crippen MR) is 96.1 cm³/mol. The van der Waals surface area contributed by atoms with Gasteiger partial charge in [0, 0.05) is 33.9 Å². The Balaban J connectivity index is 1.67. The summed E-state index contributed by atoms with van der Waals surface area (Å²) in [6.45, 7) is 0. The van der Waals surface area contributed by atoms with Crippen LogP contribution in [0.4, 0.5) is 17.1 Å². The van der Waals surface area contributed by atoms with Gasteiger partial charge >= 0.3 is 0 Å². The van der Waals surface area contributed by atoms with Crippen LogP contribution in [0.15, 0.2) is 77.5 Å². The summed E-state index contributed by atoms with van der Waals surface area (Å²) in [5, 5.41) is 6.14. The van der Waals surface area contributed by atoms with Crippen LogP contribution in [0.25, 0.3) is 0 Å². The molecule has 114 valence electrons. The van der Waals surface area contributed by atoms with Gasteiger partial charge in [-0.2, -0.15) is 0 Å². The largest absolute Gasteiger partial charge is 0.356 e. The number of carbonyl (C=O) groups excluding carboxylic acids is 1. The number of halogens is 1. The zero-order valence-corrected chi connectivity index (χ0v) is 13.7. The van der Waals surface area contributed by atoms with Crippen LogP contribution in [0, 0.1) is 0 Å². The fourth-order valence-electron chi connectivity index (χ4n) is 2.06. The van der Waals surface area contributed by atoms with Gasteiger partial charge in [0.1, 0.15) is 0 Å². The van der Waals surface area contributed by atoms with Crippen molar-refractivity contribution in [2.75, 3.05) is 10.6 Å². The van der Waals surface area contributed by atoms with E-state index in [2.05, 4.69) is 31.5 Å². The molecule has 0 fully saturated rings. The lowest BCUT2D eigenvalue weighted by molar-refractivity contribution is 0.102. The summed E-state index contributed by atoms with van der Waals surface area (Å²) in [5.41, 5.74) is 3.21. The summed E-state index contributed by atoms with van der Waals surface area (Å²) in [6.07, 6.45) is 3.17. The molecule has 23 heavy (non-hydrogen) atoms. The van der Waals surface area contributed by atoms with Crippen molar-refractivity contribution in [1.82, 2.24) is 4.98 Å². The molecule has 0 aliphatic heterocycles. The third-order valence-corrected chi connectivity index (χ3v) is 3.61. The quantitative estimate of drug-likeness (QED) is 0.693. The number of rotatable bonds is 4. The van der Waals surface area contributed by atoms with Gasteiger partial charge in [-0.1, -0.05) is 18.2 Å². The molecule has 1 aromatic heterocycles. The molecule has 3 aromatic rings. The zero-order chi connectivity index (χ0) is 16.1. The first-order valence-electron chi connectivity index (χ1n) is 7.05. The molecule has 0 atom stereocenters. The number of hydrogen-bond donors (Lipinski definition) is 2. The van der Waals surface area contributed by atoms with Crippen LogP contribution in [0.5, 0.6) is 0 Å². The number of carbonyl (C=O) groups is 1. The highest BCUT2D eigenvalue weighted by atomic mass is 79.9. The summed E-state index contributed by atoms with van der Waals surface area (Å²) in [7, 11) is 0. The fraction of sp³-hybridized carbons (Fsp3) is 0. The number of nitrogens with zero attached hydrogens (tertiary/aromatic N) is 1. The lowest BCUT2D eigenvalue weighted by Gasteiger charge is -2.08. The van der Waals surface area contributed by atoms with Gasteiger partial charge < -0.3 is 10.6 Å². The van der Waals surface area contributed by atoms with Crippen LogP contribution in [0.3, 0.4) is 0 Å². The molecule has 0 spiro atoms. The molecule has 4 nitrogen and oxygen atoms in total. The Bertz CT molecular complexity index is 804. The third-order valence-electron chi connectivity index (χ3n) is 3.17. The number of benzene rings is 2. The van der Waals surface area contributed by atoms with Crippen LogP contribution in [-0.2, 0) is 0 Å². The molecule has 0 aliphatic rings. The van der Waals surface area contributed by atoms with E-state index >= 15 is 0 Å². The Morgan fingerprint density at radius 1 is 0.870 bits per heavy atom. The highest BCUT2D eigenvalue weighted by Crippen LogP contribution is 2.19. The normalized spacial score (nSPS) is 10.1. The molecule has 3 rings (SSSR count). The minimum atomic E-state index is -0.192. The molecule has 0 saturated heterocycles. The summed E-state index contributed by atoms with van der Waals surface area (Å²) in [6, 6.07) is 19.2. The third kappa shape index (κ3) is 4.17. The fourth-order valence-corrected chi connectivity index (χ4v) is 2.43. The van der Waals surface area contributed by atoms with E-state index in [0.29, 0.717) is 5.56 Å². The number of amides is 1. The van der Waals surface area contributed by atoms with Crippen LogP contribution >= 0.6 is 15.9 Å². The van der Waals surface area contributed by atoms with Crippen LogP contribution in [-0.4, -0.2) is 10.9 Å². The average molecular weight is 368 g/mol. The van der Waals surface area contributed by atoms with Crippen molar-refractivity contribution in [3.8, 4) is 0 Å². The molecule has 2 aromatic carbocycles. The van der Waals surface area contributed by atoms with Crippen molar-refractivity contribution in [3.63, 3.8) is 0 Å². The molecule has 0 saturated carbocycles. The maximum atomic E-state index is 12.2. The molecular weight excluding hydrogens is 354 g/mol. The summed E-state index contributed by atoms with van der Waals surface area (Å²) < 4.78 is 0.771. The maximum absolute atomic E-state index is 12.2. The minimum Gasteiger partial charge on any atom is -0.356 e. The summed E-state index contributed by atoms with van der Waals surface area (Å²) in [4.78, 5) is 16.1. The van der Waals surface area contributed by atoms with E-state index < -0.39 is 0 Å². The molecule has 5 heteroatoms. The van der Waals surface area contributed by atoms with Gasteiger partial charge in [-0.3, -0.25) is 9.78 Å². The predicted octanol–water partition coefficient (Wildman–Crippen LogP) is 4.84. The molecule has 0 aliphatic carbocycles. The van der Waals surface area contributed by atoms with E-state index in [-0.39, 0.29) is 5.91 Å². The molecule has 1 heterocycles. The van der Waals surface area contributed by atoms with Gasteiger partial charge in [0.15, 0.2) is 0 Å². The Labute approximate surface area is 142 Å². The highest BCUT2D eigenvalue weighted by Gasteiger charge is 2.07.